The Labute approximate surface area is 199 Å². The van der Waals surface area contributed by atoms with E-state index in [1.54, 1.807) is 24.3 Å². The first-order valence-corrected chi connectivity index (χ1v) is 13.1. The van der Waals surface area contributed by atoms with Crippen LogP contribution < -0.4 is 4.74 Å². The molecule has 0 N–H and O–H groups in total. The highest BCUT2D eigenvalue weighted by Gasteiger charge is 2.38. The highest BCUT2D eigenvalue weighted by molar-refractivity contribution is 7.89. The average molecular weight is 495 g/mol. The van der Waals surface area contributed by atoms with Gasteiger partial charge in [0.2, 0.25) is 15.9 Å². The molecule has 2 saturated heterocycles. The van der Waals surface area contributed by atoms with Crippen LogP contribution in [-0.2, 0) is 14.8 Å². The summed E-state index contributed by atoms with van der Waals surface area (Å²) in [6.07, 6.45) is 3.42. The molecule has 2 atom stereocenters. The summed E-state index contributed by atoms with van der Waals surface area (Å²) in [6.45, 7) is 1.88. The molecule has 2 heterocycles. The number of sulfonamides is 1. The fourth-order valence-electron chi connectivity index (χ4n) is 4.51. The third-order valence-electron chi connectivity index (χ3n) is 6.31. The minimum Gasteiger partial charge on any atom is -0.490 e. The van der Waals surface area contributed by atoms with Crippen molar-refractivity contribution in [3.05, 3.63) is 59.4 Å². The molecule has 0 saturated carbocycles. The minimum absolute atomic E-state index is 0.0282. The molecule has 2 aromatic carbocycles. The highest BCUT2D eigenvalue weighted by Crippen LogP contribution is 2.31. The van der Waals surface area contributed by atoms with Crippen LogP contribution in [0.3, 0.4) is 0 Å². The van der Waals surface area contributed by atoms with Gasteiger partial charge in [-0.25, -0.2) is 12.8 Å². The lowest BCUT2D eigenvalue weighted by atomic mass is 9.91. The molecule has 0 spiro atoms. The lowest BCUT2D eigenvalue weighted by molar-refractivity contribution is -0.134. The van der Waals surface area contributed by atoms with Gasteiger partial charge in [-0.2, -0.15) is 4.31 Å². The van der Waals surface area contributed by atoms with Crippen LogP contribution in [0.5, 0.6) is 5.75 Å². The quantitative estimate of drug-likeness (QED) is 0.599. The van der Waals surface area contributed by atoms with Gasteiger partial charge in [-0.1, -0.05) is 17.7 Å². The second kappa shape index (κ2) is 10.4. The molecular weight excluding hydrogens is 467 g/mol. The van der Waals surface area contributed by atoms with Crippen molar-refractivity contribution in [3.63, 3.8) is 0 Å². The number of likely N-dealkylation sites (tertiary alicyclic amines) is 1. The van der Waals surface area contributed by atoms with Crippen LogP contribution in [-0.4, -0.2) is 55.8 Å². The topological polar surface area (TPSA) is 66.9 Å². The van der Waals surface area contributed by atoms with Crippen molar-refractivity contribution in [2.45, 2.75) is 43.1 Å². The summed E-state index contributed by atoms with van der Waals surface area (Å²) in [5.74, 6) is -0.187. The average Bonchev–Trinajstić information content (AvgIpc) is 2.81. The Morgan fingerprint density at radius 1 is 1.06 bits per heavy atom. The fourth-order valence-corrected chi connectivity index (χ4v) is 6.21. The number of carbonyl (C=O) groups is 1. The number of hydrogen-bond acceptors (Lipinski definition) is 4. The molecule has 0 bridgehead atoms. The minimum atomic E-state index is -3.81. The molecule has 0 aromatic heterocycles. The third kappa shape index (κ3) is 5.86. The van der Waals surface area contributed by atoms with E-state index in [1.807, 2.05) is 4.90 Å². The van der Waals surface area contributed by atoms with E-state index in [0.717, 1.165) is 44.5 Å². The van der Waals surface area contributed by atoms with E-state index in [9.17, 15) is 17.6 Å². The Hall–Kier alpha value is -2.16. The van der Waals surface area contributed by atoms with Gasteiger partial charge in [-0.3, -0.25) is 4.79 Å². The predicted octanol–water partition coefficient (Wildman–Crippen LogP) is 4.34. The number of piperidine rings is 2. The second-order valence-electron chi connectivity index (χ2n) is 8.62. The van der Waals surface area contributed by atoms with Gasteiger partial charge < -0.3 is 9.64 Å². The van der Waals surface area contributed by atoms with Gasteiger partial charge in [0.05, 0.1) is 4.90 Å². The van der Waals surface area contributed by atoms with Crippen molar-refractivity contribution in [1.29, 1.82) is 0 Å². The predicted molar refractivity (Wildman–Crippen MR) is 124 cm³/mol. The van der Waals surface area contributed by atoms with Crippen LogP contribution in [0, 0.1) is 11.7 Å². The zero-order valence-corrected chi connectivity index (χ0v) is 19.9. The summed E-state index contributed by atoms with van der Waals surface area (Å²) >= 11 is 6.09. The van der Waals surface area contributed by atoms with Crippen molar-refractivity contribution in [2.24, 2.45) is 5.92 Å². The summed E-state index contributed by atoms with van der Waals surface area (Å²) in [5, 5.41) is 0.546. The van der Waals surface area contributed by atoms with Crippen molar-refractivity contribution in [2.75, 3.05) is 26.2 Å². The van der Waals surface area contributed by atoms with Crippen LogP contribution >= 0.6 is 11.6 Å². The SMILES string of the molecule is O=C(C[C@H]1CN(S(=O)(=O)c2ccc(F)cc2)CC[C@@H]1Oc1cccc(Cl)c1)N1CCCCC1. The summed E-state index contributed by atoms with van der Waals surface area (Å²) in [6, 6.07) is 11.9. The maximum Gasteiger partial charge on any atom is 0.243 e. The largest absolute Gasteiger partial charge is 0.490 e. The van der Waals surface area contributed by atoms with E-state index in [0.29, 0.717) is 17.2 Å². The molecule has 33 heavy (non-hydrogen) atoms. The fraction of sp³-hybridized carbons (Fsp3) is 0.458. The molecule has 178 valence electrons. The van der Waals surface area contributed by atoms with Gasteiger partial charge in [0.25, 0.3) is 0 Å². The second-order valence-corrected chi connectivity index (χ2v) is 11.0. The maximum atomic E-state index is 13.3. The number of nitrogens with zero attached hydrogens (tertiary/aromatic N) is 2. The lowest BCUT2D eigenvalue weighted by Crippen LogP contribution is -2.49. The highest BCUT2D eigenvalue weighted by atomic mass is 35.5. The van der Waals surface area contributed by atoms with E-state index in [4.69, 9.17) is 16.3 Å². The summed E-state index contributed by atoms with van der Waals surface area (Å²) in [5.41, 5.74) is 0. The van der Waals surface area contributed by atoms with Crippen LogP contribution in [0.4, 0.5) is 4.39 Å². The summed E-state index contributed by atoms with van der Waals surface area (Å²) in [7, 11) is -3.81. The molecule has 0 aliphatic carbocycles. The molecule has 0 radical (unpaired) electrons. The molecular formula is C24H28ClFN2O4S. The Morgan fingerprint density at radius 2 is 1.79 bits per heavy atom. The normalized spacial score (nSPS) is 22.2. The number of halogens is 2. The number of carbonyl (C=O) groups excluding carboxylic acids is 1. The van der Waals surface area contributed by atoms with Crippen LogP contribution in [0.2, 0.25) is 5.02 Å². The van der Waals surface area contributed by atoms with Gasteiger partial charge in [-0.05, 0) is 68.1 Å². The molecule has 2 aliphatic heterocycles. The third-order valence-corrected chi connectivity index (χ3v) is 8.42. The van der Waals surface area contributed by atoms with Gasteiger partial charge in [0.1, 0.15) is 17.7 Å². The first kappa shape index (κ1) is 24.0. The van der Waals surface area contributed by atoms with E-state index in [1.165, 1.54) is 16.4 Å². The molecule has 0 unspecified atom stereocenters. The smallest absolute Gasteiger partial charge is 0.243 e. The van der Waals surface area contributed by atoms with Crippen LogP contribution in [0.25, 0.3) is 0 Å². The molecule has 2 aliphatic rings. The number of amides is 1. The molecule has 6 nitrogen and oxygen atoms in total. The van der Waals surface area contributed by atoms with Crippen LogP contribution in [0.15, 0.2) is 53.4 Å². The van der Waals surface area contributed by atoms with Crippen molar-refractivity contribution < 1.29 is 22.3 Å². The Balaban J connectivity index is 1.54. The molecule has 2 aromatic rings. The first-order chi connectivity index (χ1) is 15.8. The standard InChI is InChI=1S/C24H28ClFN2O4S/c25-19-5-4-6-21(16-19)32-23-11-14-28(33(30,31)22-9-7-20(26)8-10-22)17-18(23)15-24(29)27-12-2-1-3-13-27/h4-10,16,18,23H,1-3,11-15,17H2/t18-,23-/m0/s1. The summed E-state index contributed by atoms with van der Waals surface area (Å²) in [4.78, 5) is 14.9. The number of rotatable bonds is 6. The lowest BCUT2D eigenvalue weighted by Gasteiger charge is -2.38. The Kier molecular flexibility index (Phi) is 7.56. The zero-order chi connectivity index (χ0) is 23.4. The number of hydrogen-bond donors (Lipinski definition) is 0. The summed E-state index contributed by atoms with van der Waals surface area (Å²) < 4.78 is 47.3. The maximum absolute atomic E-state index is 13.3. The van der Waals surface area contributed by atoms with Gasteiger partial charge in [0, 0.05) is 43.5 Å². The van der Waals surface area contributed by atoms with Gasteiger partial charge >= 0.3 is 0 Å². The van der Waals surface area contributed by atoms with Gasteiger partial charge in [-0.15, -0.1) is 0 Å². The van der Waals surface area contributed by atoms with Crippen molar-refractivity contribution >= 4 is 27.5 Å². The first-order valence-electron chi connectivity index (χ1n) is 11.3. The number of benzene rings is 2. The van der Waals surface area contributed by atoms with Crippen molar-refractivity contribution in [3.8, 4) is 5.75 Å². The van der Waals surface area contributed by atoms with Crippen LogP contribution in [0.1, 0.15) is 32.1 Å². The van der Waals surface area contributed by atoms with Gasteiger partial charge in [0.15, 0.2) is 0 Å². The Bertz CT molecular complexity index is 1070. The molecule has 4 rings (SSSR count). The Morgan fingerprint density at radius 3 is 2.48 bits per heavy atom. The van der Waals surface area contributed by atoms with E-state index in [-0.39, 0.29) is 42.3 Å². The number of ether oxygens (including phenoxy) is 1. The zero-order valence-electron chi connectivity index (χ0n) is 18.3. The van der Waals surface area contributed by atoms with E-state index >= 15 is 0 Å². The molecule has 2 fully saturated rings. The van der Waals surface area contributed by atoms with E-state index < -0.39 is 15.8 Å². The van der Waals surface area contributed by atoms with E-state index in [2.05, 4.69) is 0 Å². The monoisotopic (exact) mass is 494 g/mol. The molecule has 1 amide bonds. The van der Waals surface area contributed by atoms with Crippen molar-refractivity contribution in [1.82, 2.24) is 9.21 Å². The molecule has 9 heteroatoms.